The monoisotopic (exact) mass is 337 g/mol. The summed E-state index contributed by atoms with van der Waals surface area (Å²) >= 11 is 3.01. The average molecular weight is 337 g/mol. The van der Waals surface area contributed by atoms with E-state index in [1.807, 2.05) is 16.8 Å². The van der Waals surface area contributed by atoms with Gasteiger partial charge in [-0.05, 0) is 12.5 Å². The van der Waals surface area contributed by atoms with E-state index in [2.05, 4.69) is 27.5 Å². The molecule has 2 aromatic rings. The third kappa shape index (κ3) is 4.81. The van der Waals surface area contributed by atoms with E-state index in [-0.39, 0.29) is 5.91 Å². The quantitative estimate of drug-likeness (QED) is 0.428. The third-order valence-electron chi connectivity index (χ3n) is 2.71. The molecule has 0 saturated carbocycles. The molecule has 4 N–H and O–H groups in total. The number of thiophene rings is 1. The maximum absolute atomic E-state index is 11.0. The van der Waals surface area contributed by atoms with Crippen LogP contribution in [0.4, 0.5) is 10.8 Å². The Hall–Kier alpha value is -1.93. The largest absolute Gasteiger partial charge is 0.370 e. The number of carbonyl (C=O) groups excluding carboxylic acids is 1. The van der Waals surface area contributed by atoms with Gasteiger partial charge in [0.2, 0.25) is 5.91 Å². The molecule has 0 radical (unpaired) electrons. The van der Waals surface area contributed by atoms with Crippen LogP contribution in [0, 0.1) is 0 Å². The normalized spacial score (nSPS) is 11.5. The second kappa shape index (κ2) is 7.90. The second-order valence-electron chi connectivity index (χ2n) is 4.66. The number of unbranched alkanes of at least 4 members (excludes halogenated alkanes) is 1. The lowest BCUT2D eigenvalue weighted by Gasteiger charge is -2.00. The number of nitrogens with zero attached hydrogens (tertiary/aromatic N) is 2. The van der Waals surface area contributed by atoms with Crippen LogP contribution in [0.3, 0.4) is 0 Å². The summed E-state index contributed by atoms with van der Waals surface area (Å²) in [6.45, 7) is 4.32. The van der Waals surface area contributed by atoms with E-state index in [4.69, 9.17) is 5.73 Å². The third-order valence-corrected chi connectivity index (χ3v) is 4.42. The SMILES string of the molecule is CCCCN=C(N)Nc1nc(-c2cc(NC(C)=O)cs2)cs1. The zero-order chi connectivity index (χ0) is 15.9. The minimum Gasteiger partial charge on any atom is -0.370 e. The lowest BCUT2D eigenvalue weighted by molar-refractivity contribution is -0.114. The Balaban J connectivity index is 2.00. The molecule has 2 rings (SSSR count). The zero-order valence-electron chi connectivity index (χ0n) is 12.5. The van der Waals surface area contributed by atoms with Crippen LogP contribution < -0.4 is 16.4 Å². The number of guanidine groups is 1. The van der Waals surface area contributed by atoms with Crippen LogP contribution >= 0.6 is 22.7 Å². The molecule has 0 aliphatic heterocycles. The Morgan fingerprint density at radius 3 is 2.91 bits per heavy atom. The summed E-state index contributed by atoms with van der Waals surface area (Å²) in [5, 5.41) is 10.3. The molecule has 118 valence electrons. The molecule has 0 aromatic carbocycles. The fourth-order valence-corrected chi connectivity index (χ4v) is 3.28. The molecule has 6 nitrogen and oxygen atoms in total. The van der Waals surface area contributed by atoms with E-state index in [1.165, 1.54) is 29.6 Å². The van der Waals surface area contributed by atoms with Crippen LogP contribution in [-0.2, 0) is 4.79 Å². The molecule has 0 bridgehead atoms. The van der Waals surface area contributed by atoms with Gasteiger partial charge in [0.15, 0.2) is 11.1 Å². The van der Waals surface area contributed by atoms with Crippen molar-refractivity contribution < 1.29 is 4.79 Å². The number of carbonyl (C=O) groups is 1. The van der Waals surface area contributed by atoms with Crippen LogP contribution in [-0.4, -0.2) is 23.4 Å². The van der Waals surface area contributed by atoms with E-state index in [0.717, 1.165) is 35.6 Å². The highest BCUT2D eigenvalue weighted by atomic mass is 32.1. The van der Waals surface area contributed by atoms with Crippen LogP contribution in [0.1, 0.15) is 26.7 Å². The molecule has 8 heteroatoms. The first kappa shape index (κ1) is 16.4. The van der Waals surface area contributed by atoms with Crippen molar-refractivity contribution in [3.8, 4) is 10.6 Å². The average Bonchev–Trinajstić information content (AvgIpc) is 3.07. The minimum atomic E-state index is -0.0824. The molecule has 0 unspecified atom stereocenters. The van der Waals surface area contributed by atoms with Gasteiger partial charge >= 0.3 is 0 Å². The van der Waals surface area contributed by atoms with Gasteiger partial charge in [0.1, 0.15) is 0 Å². The summed E-state index contributed by atoms with van der Waals surface area (Å²) in [4.78, 5) is 20.7. The molecule has 0 aliphatic carbocycles. The van der Waals surface area contributed by atoms with Crippen molar-refractivity contribution in [2.45, 2.75) is 26.7 Å². The number of nitrogens with two attached hydrogens (primary N) is 1. The standard InChI is InChI=1S/C14H19N5OS2/c1-3-4-5-16-13(15)19-14-18-11(8-22-14)12-6-10(7-21-12)17-9(2)20/h6-8H,3-5H2,1-2H3,(H,17,20)(H3,15,16,18,19). The Kier molecular flexibility index (Phi) is 5.91. The van der Waals surface area contributed by atoms with Crippen LogP contribution in [0.15, 0.2) is 21.8 Å². The topological polar surface area (TPSA) is 92.4 Å². The van der Waals surface area contributed by atoms with Crippen molar-refractivity contribution in [3.63, 3.8) is 0 Å². The van der Waals surface area contributed by atoms with Crippen LogP contribution in [0.5, 0.6) is 0 Å². The van der Waals surface area contributed by atoms with Gasteiger partial charge in [0, 0.05) is 24.2 Å². The van der Waals surface area contributed by atoms with Crippen molar-refractivity contribution in [2.75, 3.05) is 17.2 Å². The Labute approximate surface area is 137 Å². The first-order valence-electron chi connectivity index (χ1n) is 6.97. The number of hydrogen-bond donors (Lipinski definition) is 3. The van der Waals surface area contributed by atoms with Gasteiger partial charge in [0.25, 0.3) is 0 Å². The molecule has 0 atom stereocenters. The molecule has 2 heterocycles. The summed E-state index contributed by atoms with van der Waals surface area (Å²) in [5.41, 5.74) is 7.46. The van der Waals surface area contributed by atoms with Crippen LogP contribution in [0.2, 0.25) is 0 Å². The number of aliphatic imine (C=N–C) groups is 1. The highest BCUT2D eigenvalue weighted by Crippen LogP contribution is 2.31. The van der Waals surface area contributed by atoms with Crippen molar-refractivity contribution in [3.05, 3.63) is 16.8 Å². The molecule has 0 aliphatic rings. The summed E-state index contributed by atoms with van der Waals surface area (Å²) in [6, 6.07) is 1.91. The predicted molar refractivity (Wildman–Crippen MR) is 94.8 cm³/mol. The lowest BCUT2D eigenvalue weighted by Crippen LogP contribution is -2.22. The maximum Gasteiger partial charge on any atom is 0.221 e. The highest BCUT2D eigenvalue weighted by Gasteiger charge is 2.08. The van der Waals surface area contributed by atoms with E-state index in [1.54, 1.807) is 0 Å². The van der Waals surface area contributed by atoms with E-state index in [9.17, 15) is 4.79 Å². The first-order chi connectivity index (χ1) is 10.6. The fourth-order valence-electron chi connectivity index (χ4n) is 1.69. The number of amides is 1. The second-order valence-corrected chi connectivity index (χ2v) is 6.43. The Bertz CT molecular complexity index is 662. The van der Waals surface area contributed by atoms with Gasteiger partial charge in [-0.1, -0.05) is 13.3 Å². The highest BCUT2D eigenvalue weighted by molar-refractivity contribution is 7.16. The summed E-state index contributed by atoms with van der Waals surface area (Å²) in [6.07, 6.45) is 2.11. The van der Waals surface area contributed by atoms with Crippen molar-refractivity contribution in [1.29, 1.82) is 0 Å². The van der Waals surface area contributed by atoms with Gasteiger partial charge in [0.05, 0.1) is 16.3 Å². The van der Waals surface area contributed by atoms with Gasteiger partial charge in [-0.25, -0.2) is 4.98 Å². The summed E-state index contributed by atoms with van der Waals surface area (Å²) in [5.74, 6) is 0.306. The van der Waals surface area contributed by atoms with Crippen molar-refractivity contribution in [2.24, 2.45) is 10.7 Å². The summed E-state index contributed by atoms with van der Waals surface area (Å²) < 4.78 is 0. The number of aromatic nitrogens is 1. The molecule has 0 spiro atoms. The Morgan fingerprint density at radius 2 is 2.18 bits per heavy atom. The van der Waals surface area contributed by atoms with E-state index >= 15 is 0 Å². The van der Waals surface area contributed by atoms with Gasteiger partial charge in [-0.2, -0.15) is 0 Å². The fraction of sp³-hybridized carbons (Fsp3) is 0.357. The van der Waals surface area contributed by atoms with E-state index in [0.29, 0.717) is 11.1 Å². The van der Waals surface area contributed by atoms with Crippen molar-refractivity contribution >= 4 is 45.4 Å². The number of nitrogens with one attached hydrogen (secondary N) is 2. The zero-order valence-corrected chi connectivity index (χ0v) is 14.2. The number of rotatable bonds is 6. The molecule has 2 aromatic heterocycles. The molecule has 0 fully saturated rings. The molecular formula is C14H19N5OS2. The van der Waals surface area contributed by atoms with Gasteiger partial charge in [-0.15, -0.1) is 22.7 Å². The molecule has 1 amide bonds. The number of hydrogen-bond acceptors (Lipinski definition) is 5. The van der Waals surface area contributed by atoms with E-state index < -0.39 is 0 Å². The minimum absolute atomic E-state index is 0.0824. The summed E-state index contributed by atoms with van der Waals surface area (Å²) in [7, 11) is 0. The predicted octanol–water partition coefficient (Wildman–Crippen LogP) is 3.36. The molecule has 22 heavy (non-hydrogen) atoms. The number of anilines is 2. The van der Waals surface area contributed by atoms with Crippen molar-refractivity contribution in [1.82, 2.24) is 4.98 Å². The van der Waals surface area contributed by atoms with Gasteiger partial charge < -0.3 is 16.4 Å². The Morgan fingerprint density at radius 1 is 1.36 bits per heavy atom. The lowest BCUT2D eigenvalue weighted by atomic mass is 10.3. The van der Waals surface area contributed by atoms with Gasteiger partial charge in [-0.3, -0.25) is 9.79 Å². The molecular weight excluding hydrogens is 318 g/mol. The first-order valence-corrected chi connectivity index (χ1v) is 8.73. The van der Waals surface area contributed by atoms with Crippen LogP contribution in [0.25, 0.3) is 10.6 Å². The smallest absolute Gasteiger partial charge is 0.221 e. The maximum atomic E-state index is 11.0. The molecule has 0 saturated heterocycles. The number of thiazole rings is 1.